The Morgan fingerprint density at radius 1 is 1.17 bits per heavy atom. The van der Waals surface area contributed by atoms with E-state index in [2.05, 4.69) is 31.2 Å². The summed E-state index contributed by atoms with van der Waals surface area (Å²) in [7, 11) is 0. The van der Waals surface area contributed by atoms with Gasteiger partial charge in [-0.05, 0) is 34.5 Å². The van der Waals surface area contributed by atoms with Crippen LogP contribution in [0.2, 0.25) is 0 Å². The zero-order valence-corrected chi connectivity index (χ0v) is 11.4. The minimum absolute atomic E-state index is 0.684. The van der Waals surface area contributed by atoms with Gasteiger partial charge in [0.15, 0.2) is 0 Å². The van der Waals surface area contributed by atoms with Crippen LogP contribution in [0, 0.1) is 0 Å². The van der Waals surface area contributed by atoms with Gasteiger partial charge in [0.25, 0.3) is 0 Å². The highest BCUT2D eigenvalue weighted by atomic mass is 79.9. The molecular formula is C13H14BrN3O. The highest BCUT2D eigenvalue weighted by molar-refractivity contribution is 9.10. The first-order valence-corrected chi connectivity index (χ1v) is 6.53. The number of benzene rings is 1. The summed E-state index contributed by atoms with van der Waals surface area (Å²) < 4.78 is 6.36. The van der Waals surface area contributed by atoms with Crippen LogP contribution in [0.1, 0.15) is 6.42 Å². The molecule has 1 aromatic carbocycles. The Hall–Kier alpha value is -1.62. The molecule has 94 valence electrons. The molecule has 5 heteroatoms. The number of para-hydroxylation sites is 1. The predicted octanol–water partition coefficient (Wildman–Crippen LogP) is 3.12. The number of nitrogens with one attached hydrogen (secondary N) is 1. The number of ether oxygens (including phenoxy) is 1. The fourth-order valence-corrected chi connectivity index (χ4v) is 1.73. The largest absolute Gasteiger partial charge is 0.494 e. The highest BCUT2D eigenvalue weighted by Gasteiger charge is 1.96. The second-order valence-corrected chi connectivity index (χ2v) is 4.48. The number of nitrogens with zero attached hydrogens (tertiary/aromatic N) is 2. The van der Waals surface area contributed by atoms with E-state index in [4.69, 9.17) is 4.74 Å². The Kier molecular flexibility index (Phi) is 4.96. The maximum atomic E-state index is 5.59. The number of anilines is 1. The third kappa shape index (κ3) is 4.33. The molecule has 4 nitrogen and oxygen atoms in total. The highest BCUT2D eigenvalue weighted by Crippen LogP contribution is 2.10. The van der Waals surface area contributed by atoms with Gasteiger partial charge in [-0.2, -0.15) is 0 Å². The molecule has 1 N–H and O–H groups in total. The number of halogens is 1. The molecule has 0 bridgehead atoms. The summed E-state index contributed by atoms with van der Waals surface area (Å²) in [6.07, 6.45) is 2.43. The molecule has 0 aliphatic rings. The Balaban J connectivity index is 1.65. The van der Waals surface area contributed by atoms with Crippen LogP contribution >= 0.6 is 15.9 Å². The standard InChI is InChI=1S/C13H14BrN3O/c14-12-9-13(17-10-16-12)15-7-4-8-18-11-5-2-1-3-6-11/h1-3,5-6,9-10H,4,7-8H2,(H,15,16,17). The first kappa shape index (κ1) is 12.8. The van der Waals surface area contributed by atoms with Gasteiger partial charge in [0.1, 0.15) is 22.5 Å². The summed E-state index contributed by atoms with van der Waals surface area (Å²) in [5.74, 6) is 1.72. The van der Waals surface area contributed by atoms with E-state index in [1.807, 2.05) is 36.4 Å². The Labute approximate surface area is 115 Å². The molecule has 0 unspecified atom stereocenters. The smallest absolute Gasteiger partial charge is 0.130 e. The maximum Gasteiger partial charge on any atom is 0.130 e. The molecular weight excluding hydrogens is 294 g/mol. The molecule has 2 rings (SSSR count). The van der Waals surface area contributed by atoms with Gasteiger partial charge in [0, 0.05) is 12.6 Å². The lowest BCUT2D eigenvalue weighted by Crippen LogP contribution is -2.08. The van der Waals surface area contributed by atoms with Crippen molar-refractivity contribution in [3.63, 3.8) is 0 Å². The van der Waals surface area contributed by atoms with Crippen LogP contribution in [0.5, 0.6) is 5.75 Å². The molecule has 2 aromatic rings. The van der Waals surface area contributed by atoms with Crippen LogP contribution in [0.15, 0.2) is 47.3 Å². The zero-order valence-electron chi connectivity index (χ0n) is 9.84. The second-order valence-electron chi connectivity index (χ2n) is 3.67. The van der Waals surface area contributed by atoms with Crippen LogP contribution in [0.25, 0.3) is 0 Å². The first-order valence-electron chi connectivity index (χ1n) is 5.74. The summed E-state index contributed by atoms with van der Waals surface area (Å²) in [5, 5.41) is 3.21. The molecule has 0 saturated heterocycles. The summed E-state index contributed by atoms with van der Waals surface area (Å²) in [5.41, 5.74) is 0. The van der Waals surface area contributed by atoms with Crippen LogP contribution in [-0.4, -0.2) is 23.1 Å². The van der Waals surface area contributed by atoms with Crippen molar-refractivity contribution in [1.29, 1.82) is 0 Å². The van der Waals surface area contributed by atoms with E-state index in [-0.39, 0.29) is 0 Å². The average Bonchev–Trinajstić information content (AvgIpc) is 2.40. The van der Waals surface area contributed by atoms with Crippen molar-refractivity contribution in [1.82, 2.24) is 9.97 Å². The van der Waals surface area contributed by atoms with E-state index in [0.29, 0.717) is 6.61 Å². The van der Waals surface area contributed by atoms with E-state index < -0.39 is 0 Å². The fourth-order valence-electron chi connectivity index (χ4n) is 1.43. The summed E-state index contributed by atoms with van der Waals surface area (Å²) >= 11 is 3.30. The fraction of sp³-hybridized carbons (Fsp3) is 0.231. The van der Waals surface area contributed by atoms with Crippen molar-refractivity contribution < 1.29 is 4.74 Å². The van der Waals surface area contributed by atoms with Gasteiger partial charge in [-0.3, -0.25) is 0 Å². The van der Waals surface area contributed by atoms with Gasteiger partial charge in [-0.25, -0.2) is 9.97 Å². The van der Waals surface area contributed by atoms with Crippen LogP contribution in [0.4, 0.5) is 5.82 Å². The first-order chi connectivity index (χ1) is 8.84. The van der Waals surface area contributed by atoms with E-state index in [1.165, 1.54) is 6.33 Å². The Morgan fingerprint density at radius 2 is 2.00 bits per heavy atom. The maximum absolute atomic E-state index is 5.59. The number of hydrogen-bond donors (Lipinski definition) is 1. The van der Waals surface area contributed by atoms with Gasteiger partial charge in [0.05, 0.1) is 6.61 Å². The van der Waals surface area contributed by atoms with Crippen molar-refractivity contribution in [2.24, 2.45) is 0 Å². The van der Waals surface area contributed by atoms with Gasteiger partial charge in [-0.15, -0.1) is 0 Å². The number of aromatic nitrogens is 2. The lowest BCUT2D eigenvalue weighted by atomic mass is 10.3. The lowest BCUT2D eigenvalue weighted by molar-refractivity contribution is 0.315. The third-order valence-electron chi connectivity index (χ3n) is 2.27. The molecule has 0 fully saturated rings. The summed E-state index contributed by atoms with van der Waals surface area (Å²) in [4.78, 5) is 8.07. The van der Waals surface area contributed by atoms with Gasteiger partial charge in [-0.1, -0.05) is 18.2 Å². The van der Waals surface area contributed by atoms with E-state index >= 15 is 0 Å². The molecule has 1 heterocycles. The second kappa shape index (κ2) is 6.96. The third-order valence-corrected chi connectivity index (χ3v) is 2.71. The SMILES string of the molecule is Brc1cc(NCCCOc2ccccc2)ncn1. The molecule has 18 heavy (non-hydrogen) atoms. The molecule has 0 amide bonds. The molecule has 0 atom stereocenters. The topological polar surface area (TPSA) is 47.0 Å². The van der Waals surface area contributed by atoms with Crippen molar-refractivity contribution in [2.45, 2.75) is 6.42 Å². The molecule has 0 aliphatic heterocycles. The Bertz CT molecular complexity index is 479. The van der Waals surface area contributed by atoms with Crippen molar-refractivity contribution in [3.8, 4) is 5.75 Å². The molecule has 0 spiro atoms. The van der Waals surface area contributed by atoms with Crippen LogP contribution in [0.3, 0.4) is 0 Å². The van der Waals surface area contributed by atoms with E-state index in [9.17, 15) is 0 Å². The number of hydrogen-bond acceptors (Lipinski definition) is 4. The van der Waals surface area contributed by atoms with E-state index in [1.54, 1.807) is 0 Å². The van der Waals surface area contributed by atoms with Crippen molar-refractivity contribution in [3.05, 3.63) is 47.3 Å². The molecule has 0 aliphatic carbocycles. The summed E-state index contributed by atoms with van der Waals surface area (Å²) in [6, 6.07) is 11.7. The normalized spacial score (nSPS) is 10.1. The minimum atomic E-state index is 0.684. The monoisotopic (exact) mass is 307 g/mol. The predicted molar refractivity (Wildman–Crippen MR) is 74.8 cm³/mol. The summed E-state index contributed by atoms with van der Waals surface area (Å²) in [6.45, 7) is 1.50. The molecule has 1 aromatic heterocycles. The minimum Gasteiger partial charge on any atom is -0.494 e. The average molecular weight is 308 g/mol. The van der Waals surface area contributed by atoms with Crippen molar-refractivity contribution in [2.75, 3.05) is 18.5 Å². The van der Waals surface area contributed by atoms with E-state index in [0.717, 1.165) is 29.1 Å². The molecule has 0 saturated carbocycles. The lowest BCUT2D eigenvalue weighted by Gasteiger charge is -2.07. The van der Waals surface area contributed by atoms with Gasteiger partial charge >= 0.3 is 0 Å². The van der Waals surface area contributed by atoms with Crippen LogP contribution < -0.4 is 10.1 Å². The molecule has 0 radical (unpaired) electrons. The van der Waals surface area contributed by atoms with Crippen LogP contribution in [-0.2, 0) is 0 Å². The number of rotatable bonds is 6. The zero-order chi connectivity index (χ0) is 12.6. The van der Waals surface area contributed by atoms with Gasteiger partial charge in [0.2, 0.25) is 0 Å². The Morgan fingerprint density at radius 3 is 2.78 bits per heavy atom. The van der Waals surface area contributed by atoms with Crippen molar-refractivity contribution >= 4 is 21.7 Å². The quantitative estimate of drug-likeness (QED) is 0.658. The van der Waals surface area contributed by atoms with Gasteiger partial charge < -0.3 is 10.1 Å².